The maximum Gasteiger partial charge on any atom is 0.346 e. The van der Waals surface area contributed by atoms with Crippen molar-refractivity contribution in [1.29, 1.82) is 0 Å². The molecule has 7 nitrogen and oxygen atoms in total. The van der Waals surface area contributed by atoms with Crippen LogP contribution >= 0.6 is 22.9 Å². The lowest BCUT2D eigenvalue weighted by Crippen LogP contribution is -2.29. The highest BCUT2D eigenvalue weighted by atomic mass is 35.5. The molecule has 0 fully saturated rings. The number of aromatic carboxylic acids is 1. The maximum atomic E-state index is 14.0. The molecule has 0 amide bonds. The van der Waals surface area contributed by atoms with E-state index in [4.69, 9.17) is 16.3 Å². The average Bonchev–Trinajstić information content (AvgIpc) is 3.39. The van der Waals surface area contributed by atoms with Crippen LogP contribution in [0.5, 0.6) is 5.88 Å². The number of carboxylic acids is 1. The van der Waals surface area contributed by atoms with Crippen LogP contribution in [0.25, 0.3) is 15.9 Å². The van der Waals surface area contributed by atoms with Gasteiger partial charge < -0.3 is 14.4 Å². The maximum absolute atomic E-state index is 14.0. The fourth-order valence-corrected chi connectivity index (χ4v) is 5.10. The summed E-state index contributed by atoms with van der Waals surface area (Å²) < 4.78 is 21.7. The van der Waals surface area contributed by atoms with Crippen LogP contribution in [0, 0.1) is 5.82 Å². The molecule has 0 unspecified atom stereocenters. The van der Waals surface area contributed by atoms with Crippen LogP contribution in [0.4, 0.5) is 4.39 Å². The molecule has 0 radical (unpaired) electrons. The number of carboxylic acid groups (broad SMARTS) is 1. The number of hydrogen-bond donors (Lipinski definition) is 1. The minimum Gasteiger partial charge on any atom is -0.477 e. The molecule has 4 aromatic rings. The highest BCUT2D eigenvalue weighted by Gasteiger charge is 2.19. The zero-order chi connectivity index (χ0) is 24.5. The number of imidazole rings is 1. The molecule has 3 aromatic heterocycles. The summed E-state index contributed by atoms with van der Waals surface area (Å²) in [5, 5.41) is 9.54. The molecule has 0 aliphatic carbocycles. The third-order valence-electron chi connectivity index (χ3n) is 5.98. The Bertz CT molecular complexity index is 1450. The number of aryl methyl sites for hydroxylation is 1. The predicted molar refractivity (Wildman–Crippen MR) is 133 cm³/mol. The summed E-state index contributed by atoms with van der Waals surface area (Å²) in [5.74, 6) is 0.0130. The standard InChI is InChI=1S/C25H22ClFN4O3S/c1-30-20-12-21(25(32)33)35-24(20)29-22(30)13-31-9-7-15(8-10-31)19-3-2-4-23(28-19)34-14-16-5-6-17(26)11-18(16)27/h2-7,11-12H,8-10,13-14H2,1H3,(H,32,33). The largest absolute Gasteiger partial charge is 0.477 e. The Balaban J connectivity index is 1.23. The first-order valence-electron chi connectivity index (χ1n) is 11.0. The van der Waals surface area contributed by atoms with Crippen molar-refractivity contribution in [3.8, 4) is 5.88 Å². The van der Waals surface area contributed by atoms with Gasteiger partial charge in [0.1, 0.15) is 28.0 Å². The lowest BCUT2D eigenvalue weighted by atomic mass is 10.0. The van der Waals surface area contributed by atoms with Gasteiger partial charge in [-0.3, -0.25) is 4.90 Å². The third-order valence-corrected chi connectivity index (χ3v) is 7.23. The highest BCUT2D eigenvalue weighted by molar-refractivity contribution is 7.20. The molecular weight excluding hydrogens is 491 g/mol. The number of halogens is 2. The monoisotopic (exact) mass is 512 g/mol. The minimum atomic E-state index is -0.927. The fraction of sp³-hybridized carbons (Fsp3) is 0.240. The number of pyridine rings is 1. The second-order valence-corrected chi connectivity index (χ2v) is 9.76. The van der Waals surface area contributed by atoms with E-state index < -0.39 is 11.8 Å². The van der Waals surface area contributed by atoms with Gasteiger partial charge in [0.15, 0.2) is 0 Å². The van der Waals surface area contributed by atoms with Crippen LogP contribution in [0.3, 0.4) is 0 Å². The molecule has 35 heavy (non-hydrogen) atoms. The number of rotatable bonds is 7. The van der Waals surface area contributed by atoms with E-state index >= 15 is 0 Å². The molecule has 1 aliphatic heterocycles. The van der Waals surface area contributed by atoms with E-state index in [2.05, 4.69) is 20.9 Å². The molecule has 0 atom stereocenters. The number of aromatic nitrogens is 3. The van der Waals surface area contributed by atoms with Gasteiger partial charge >= 0.3 is 5.97 Å². The van der Waals surface area contributed by atoms with E-state index in [1.54, 1.807) is 24.3 Å². The fourth-order valence-electron chi connectivity index (χ4n) is 4.02. The van der Waals surface area contributed by atoms with E-state index in [9.17, 15) is 14.3 Å². The Hall–Kier alpha value is -3.27. The number of carbonyl (C=O) groups is 1. The molecule has 4 heterocycles. The van der Waals surface area contributed by atoms with Gasteiger partial charge in [-0.1, -0.05) is 29.8 Å². The number of fused-ring (bicyclic) bond motifs is 1. The third kappa shape index (κ3) is 5.07. The molecule has 0 bridgehead atoms. The molecule has 1 aliphatic rings. The Kier molecular flexibility index (Phi) is 6.55. The number of nitrogens with zero attached hydrogens (tertiary/aromatic N) is 4. The van der Waals surface area contributed by atoms with Crippen molar-refractivity contribution in [3.63, 3.8) is 0 Å². The SMILES string of the molecule is Cn1c(CN2CC=C(c3cccc(OCc4ccc(Cl)cc4F)n3)CC2)nc2sc(C(=O)O)cc21. The van der Waals surface area contributed by atoms with E-state index in [0.717, 1.165) is 46.9 Å². The van der Waals surface area contributed by atoms with Crippen LogP contribution in [0.2, 0.25) is 5.02 Å². The normalized spacial score (nSPS) is 14.3. The first-order valence-corrected chi connectivity index (χ1v) is 12.2. The van der Waals surface area contributed by atoms with Crippen LogP contribution in [0.1, 0.15) is 33.2 Å². The van der Waals surface area contributed by atoms with E-state index in [1.807, 2.05) is 23.7 Å². The molecule has 1 aromatic carbocycles. The zero-order valence-corrected chi connectivity index (χ0v) is 20.4. The first-order chi connectivity index (χ1) is 16.9. The quantitative estimate of drug-likeness (QED) is 0.357. The molecule has 1 N–H and O–H groups in total. The number of hydrogen-bond acceptors (Lipinski definition) is 6. The van der Waals surface area contributed by atoms with E-state index in [1.165, 1.54) is 17.4 Å². The second kappa shape index (κ2) is 9.77. The molecule has 5 rings (SSSR count). The molecule has 180 valence electrons. The highest BCUT2D eigenvalue weighted by Crippen LogP contribution is 2.28. The summed E-state index contributed by atoms with van der Waals surface area (Å²) in [6.07, 6.45) is 2.98. The van der Waals surface area contributed by atoms with Crippen molar-refractivity contribution < 1.29 is 19.0 Å². The summed E-state index contributed by atoms with van der Waals surface area (Å²) in [4.78, 5) is 23.8. The molecule has 10 heteroatoms. The Labute approximate surface area is 210 Å². The van der Waals surface area contributed by atoms with Crippen molar-refractivity contribution in [3.05, 3.63) is 81.3 Å². The van der Waals surface area contributed by atoms with Gasteiger partial charge in [-0.25, -0.2) is 19.2 Å². The molecular formula is C25H22ClFN4O3S. The summed E-state index contributed by atoms with van der Waals surface area (Å²) in [7, 11) is 1.92. The van der Waals surface area contributed by atoms with Crippen LogP contribution in [0.15, 0.2) is 48.5 Å². The van der Waals surface area contributed by atoms with Crippen molar-refractivity contribution in [2.45, 2.75) is 19.6 Å². The molecule has 0 saturated carbocycles. The van der Waals surface area contributed by atoms with E-state index in [-0.39, 0.29) is 6.61 Å². The average molecular weight is 513 g/mol. The topological polar surface area (TPSA) is 80.5 Å². The smallest absolute Gasteiger partial charge is 0.346 e. The first kappa shape index (κ1) is 23.5. The van der Waals surface area contributed by atoms with Crippen LogP contribution in [-0.2, 0) is 20.2 Å². The van der Waals surface area contributed by atoms with Crippen molar-refractivity contribution >= 4 is 44.8 Å². The number of ether oxygens (including phenoxy) is 1. The summed E-state index contributed by atoms with van der Waals surface area (Å²) in [6.45, 7) is 2.34. The van der Waals surface area contributed by atoms with Gasteiger partial charge in [-0.2, -0.15) is 0 Å². The van der Waals surface area contributed by atoms with Gasteiger partial charge in [0.25, 0.3) is 0 Å². The second-order valence-electron chi connectivity index (χ2n) is 8.29. The lowest BCUT2D eigenvalue weighted by Gasteiger charge is -2.25. The van der Waals surface area contributed by atoms with Gasteiger partial charge in [0.2, 0.25) is 5.88 Å². The summed E-state index contributed by atoms with van der Waals surface area (Å²) >= 11 is 7.00. The summed E-state index contributed by atoms with van der Waals surface area (Å²) in [6, 6.07) is 11.8. The van der Waals surface area contributed by atoms with Gasteiger partial charge in [0.05, 0.1) is 17.8 Å². The Morgan fingerprint density at radius 2 is 2.11 bits per heavy atom. The van der Waals surface area contributed by atoms with Gasteiger partial charge in [0, 0.05) is 36.8 Å². The van der Waals surface area contributed by atoms with Crippen LogP contribution < -0.4 is 4.74 Å². The summed E-state index contributed by atoms with van der Waals surface area (Å²) in [5.41, 5.74) is 3.24. The predicted octanol–water partition coefficient (Wildman–Crippen LogP) is 5.39. The van der Waals surface area contributed by atoms with E-state index in [0.29, 0.717) is 27.9 Å². The Morgan fingerprint density at radius 1 is 1.26 bits per heavy atom. The van der Waals surface area contributed by atoms with Gasteiger partial charge in [-0.05, 0) is 36.3 Å². The van der Waals surface area contributed by atoms with Crippen LogP contribution in [-0.4, -0.2) is 43.6 Å². The van der Waals surface area contributed by atoms with Gasteiger partial charge in [-0.15, -0.1) is 11.3 Å². The minimum absolute atomic E-state index is 0.0708. The lowest BCUT2D eigenvalue weighted by molar-refractivity contribution is 0.0702. The van der Waals surface area contributed by atoms with Crippen molar-refractivity contribution in [1.82, 2.24) is 19.4 Å². The Morgan fingerprint density at radius 3 is 2.83 bits per heavy atom. The number of benzene rings is 1. The molecule has 0 spiro atoms. The van der Waals surface area contributed by atoms with Crippen molar-refractivity contribution in [2.75, 3.05) is 13.1 Å². The molecule has 0 saturated heterocycles. The number of thiophene rings is 1. The zero-order valence-electron chi connectivity index (χ0n) is 18.9. The van der Waals surface area contributed by atoms with Crippen molar-refractivity contribution in [2.24, 2.45) is 7.05 Å².